The highest BCUT2D eigenvalue weighted by Crippen LogP contribution is 2.13. The topological polar surface area (TPSA) is 35.9 Å². The summed E-state index contributed by atoms with van der Waals surface area (Å²) in [4.78, 5) is 4.81. The third kappa shape index (κ3) is 5.84. The molecule has 1 heterocycles. The lowest BCUT2D eigenvalue weighted by Gasteiger charge is -2.35. The summed E-state index contributed by atoms with van der Waals surface area (Å²) < 4.78 is 5.72. The molecule has 4 heteroatoms. The van der Waals surface area contributed by atoms with Gasteiger partial charge in [0.1, 0.15) is 18.5 Å². The van der Waals surface area contributed by atoms with Gasteiger partial charge in [0.25, 0.3) is 0 Å². The minimum Gasteiger partial charge on any atom is -0.491 e. The Kier molecular flexibility index (Phi) is 7.06. The van der Waals surface area contributed by atoms with Crippen LogP contribution in [0.1, 0.15) is 18.1 Å². The van der Waals surface area contributed by atoms with Gasteiger partial charge < -0.3 is 9.84 Å². The molecular formula is C22H30N2O2. The predicted octanol–water partition coefficient (Wildman–Crippen LogP) is 2.81. The molecule has 1 unspecified atom stereocenters. The van der Waals surface area contributed by atoms with Gasteiger partial charge in [-0.15, -0.1) is 0 Å². The van der Waals surface area contributed by atoms with Crippen molar-refractivity contribution in [2.45, 2.75) is 26.0 Å². The molecule has 0 bridgehead atoms. The summed E-state index contributed by atoms with van der Waals surface area (Å²) in [7, 11) is 0. The lowest BCUT2D eigenvalue weighted by atomic mass is 10.2. The van der Waals surface area contributed by atoms with E-state index in [0.29, 0.717) is 13.2 Å². The van der Waals surface area contributed by atoms with Crippen LogP contribution in [-0.2, 0) is 13.0 Å². The monoisotopic (exact) mass is 354 g/mol. The first-order valence-corrected chi connectivity index (χ1v) is 9.61. The molecule has 0 radical (unpaired) electrons. The van der Waals surface area contributed by atoms with E-state index < -0.39 is 6.10 Å². The van der Waals surface area contributed by atoms with Crippen LogP contribution >= 0.6 is 0 Å². The highest BCUT2D eigenvalue weighted by atomic mass is 16.5. The molecule has 26 heavy (non-hydrogen) atoms. The van der Waals surface area contributed by atoms with Gasteiger partial charge in [0.05, 0.1) is 0 Å². The molecule has 1 N–H and O–H groups in total. The van der Waals surface area contributed by atoms with E-state index in [1.54, 1.807) is 0 Å². The fraction of sp³-hybridized carbons (Fsp3) is 0.455. The third-order valence-corrected chi connectivity index (χ3v) is 4.96. The Hall–Kier alpha value is -1.88. The van der Waals surface area contributed by atoms with Crippen molar-refractivity contribution in [3.63, 3.8) is 0 Å². The normalized spacial score (nSPS) is 17.2. The molecule has 3 rings (SSSR count). The SMILES string of the molecule is CCc1ccc(OCC(O)CN2CCN(Cc3ccccc3)CC2)cc1. The van der Waals surface area contributed by atoms with Crippen LogP contribution in [0.5, 0.6) is 5.75 Å². The summed E-state index contributed by atoms with van der Waals surface area (Å²) in [5.41, 5.74) is 2.66. The molecule has 1 atom stereocenters. The first-order chi connectivity index (χ1) is 12.7. The predicted molar refractivity (Wildman–Crippen MR) is 105 cm³/mol. The van der Waals surface area contributed by atoms with E-state index >= 15 is 0 Å². The maximum atomic E-state index is 10.3. The first kappa shape index (κ1) is 18.9. The largest absolute Gasteiger partial charge is 0.491 e. The third-order valence-electron chi connectivity index (χ3n) is 4.96. The van der Waals surface area contributed by atoms with Gasteiger partial charge in [-0.05, 0) is 29.7 Å². The van der Waals surface area contributed by atoms with Gasteiger partial charge in [-0.25, -0.2) is 0 Å². The van der Waals surface area contributed by atoms with Gasteiger partial charge in [0, 0.05) is 39.3 Å². The number of nitrogens with zero attached hydrogens (tertiary/aromatic N) is 2. The number of aryl methyl sites for hydroxylation is 1. The summed E-state index contributed by atoms with van der Waals surface area (Å²) in [6.07, 6.45) is 0.570. The van der Waals surface area contributed by atoms with Crippen molar-refractivity contribution in [1.82, 2.24) is 9.80 Å². The number of hydrogen-bond acceptors (Lipinski definition) is 4. The van der Waals surface area contributed by atoms with Gasteiger partial charge in [-0.1, -0.05) is 49.4 Å². The van der Waals surface area contributed by atoms with E-state index in [1.807, 2.05) is 12.1 Å². The average molecular weight is 354 g/mol. The zero-order valence-electron chi connectivity index (χ0n) is 15.7. The Bertz CT molecular complexity index is 637. The lowest BCUT2D eigenvalue weighted by Crippen LogP contribution is -2.48. The molecule has 1 fully saturated rings. The minimum atomic E-state index is -0.457. The Morgan fingerprint density at radius 1 is 0.885 bits per heavy atom. The number of benzene rings is 2. The second-order valence-electron chi connectivity index (χ2n) is 7.02. The lowest BCUT2D eigenvalue weighted by molar-refractivity contribution is 0.0446. The fourth-order valence-electron chi connectivity index (χ4n) is 3.34. The zero-order valence-corrected chi connectivity index (χ0v) is 15.7. The summed E-state index contributed by atoms with van der Waals surface area (Å²) in [6.45, 7) is 8.24. The molecule has 140 valence electrons. The standard InChI is InChI=1S/C22H30N2O2/c1-2-19-8-10-22(11-9-19)26-18-21(25)17-24-14-12-23(13-15-24)16-20-6-4-3-5-7-20/h3-11,21,25H,2,12-18H2,1H3. The van der Waals surface area contributed by atoms with E-state index in [-0.39, 0.29) is 0 Å². The van der Waals surface area contributed by atoms with Gasteiger partial charge in [0.15, 0.2) is 0 Å². The summed E-state index contributed by atoms with van der Waals surface area (Å²) >= 11 is 0. The van der Waals surface area contributed by atoms with Gasteiger partial charge in [-0.2, -0.15) is 0 Å². The quantitative estimate of drug-likeness (QED) is 0.791. The number of rotatable bonds is 8. The fourth-order valence-corrected chi connectivity index (χ4v) is 3.34. The molecule has 1 aliphatic rings. The Morgan fingerprint density at radius 3 is 2.19 bits per heavy atom. The van der Waals surface area contributed by atoms with Crippen LogP contribution in [0.3, 0.4) is 0 Å². The number of hydrogen-bond donors (Lipinski definition) is 1. The van der Waals surface area contributed by atoms with Crippen molar-refractivity contribution < 1.29 is 9.84 Å². The van der Waals surface area contributed by atoms with Crippen molar-refractivity contribution in [3.05, 3.63) is 65.7 Å². The molecular weight excluding hydrogens is 324 g/mol. The Labute approximate surface area is 157 Å². The molecule has 2 aromatic rings. The van der Waals surface area contributed by atoms with Crippen LogP contribution in [0, 0.1) is 0 Å². The van der Waals surface area contributed by atoms with E-state index in [4.69, 9.17) is 4.74 Å². The number of β-amino-alcohol motifs (C(OH)–C–C–N with tert-alkyl or cyclic N) is 1. The second-order valence-corrected chi connectivity index (χ2v) is 7.02. The van der Waals surface area contributed by atoms with Crippen LogP contribution in [0.2, 0.25) is 0 Å². The summed E-state index contributed by atoms with van der Waals surface area (Å²) in [6, 6.07) is 18.7. The van der Waals surface area contributed by atoms with Gasteiger partial charge >= 0.3 is 0 Å². The summed E-state index contributed by atoms with van der Waals surface area (Å²) in [5.74, 6) is 0.828. The smallest absolute Gasteiger partial charge is 0.119 e. The zero-order chi connectivity index (χ0) is 18.2. The highest BCUT2D eigenvalue weighted by molar-refractivity contribution is 5.27. The van der Waals surface area contributed by atoms with Crippen molar-refractivity contribution in [3.8, 4) is 5.75 Å². The molecule has 1 saturated heterocycles. The number of aliphatic hydroxyl groups is 1. The van der Waals surface area contributed by atoms with Crippen LogP contribution in [-0.4, -0.2) is 60.3 Å². The molecule has 0 aliphatic carbocycles. The maximum absolute atomic E-state index is 10.3. The van der Waals surface area contributed by atoms with Gasteiger partial charge in [0.2, 0.25) is 0 Å². The highest BCUT2D eigenvalue weighted by Gasteiger charge is 2.19. The van der Waals surface area contributed by atoms with Crippen LogP contribution < -0.4 is 4.74 Å². The Morgan fingerprint density at radius 2 is 1.54 bits per heavy atom. The van der Waals surface area contributed by atoms with Crippen LogP contribution in [0.4, 0.5) is 0 Å². The van der Waals surface area contributed by atoms with Crippen LogP contribution in [0.25, 0.3) is 0 Å². The number of ether oxygens (including phenoxy) is 1. The Balaban J connectivity index is 1.35. The molecule has 0 amide bonds. The van der Waals surface area contributed by atoms with E-state index in [9.17, 15) is 5.11 Å². The van der Waals surface area contributed by atoms with E-state index in [1.165, 1.54) is 11.1 Å². The summed E-state index contributed by atoms with van der Waals surface area (Å²) in [5, 5.41) is 10.3. The minimum absolute atomic E-state index is 0.343. The number of aliphatic hydroxyl groups excluding tert-OH is 1. The first-order valence-electron chi connectivity index (χ1n) is 9.61. The molecule has 4 nitrogen and oxygen atoms in total. The van der Waals surface area contributed by atoms with Crippen molar-refractivity contribution in [2.24, 2.45) is 0 Å². The van der Waals surface area contributed by atoms with Crippen molar-refractivity contribution in [2.75, 3.05) is 39.3 Å². The average Bonchev–Trinajstić information content (AvgIpc) is 2.69. The van der Waals surface area contributed by atoms with Crippen LogP contribution in [0.15, 0.2) is 54.6 Å². The molecule has 1 aliphatic heterocycles. The van der Waals surface area contributed by atoms with Gasteiger partial charge in [-0.3, -0.25) is 9.80 Å². The molecule has 2 aromatic carbocycles. The van der Waals surface area contributed by atoms with Crippen molar-refractivity contribution in [1.29, 1.82) is 0 Å². The van der Waals surface area contributed by atoms with Crippen molar-refractivity contribution >= 4 is 0 Å². The molecule has 0 aromatic heterocycles. The molecule has 0 saturated carbocycles. The molecule has 0 spiro atoms. The maximum Gasteiger partial charge on any atom is 0.119 e. The van der Waals surface area contributed by atoms with E-state index in [2.05, 4.69) is 59.2 Å². The van der Waals surface area contributed by atoms with E-state index in [0.717, 1.165) is 44.9 Å². The second kappa shape index (κ2) is 9.72. The number of piperazine rings is 1.